The molecule has 0 fully saturated rings. The van der Waals surface area contributed by atoms with E-state index < -0.39 is 27.9 Å². The molecule has 0 aliphatic carbocycles. The van der Waals surface area contributed by atoms with E-state index in [9.17, 15) is 26.4 Å². The Bertz CT molecular complexity index is 1130. The van der Waals surface area contributed by atoms with Crippen molar-refractivity contribution < 1.29 is 30.7 Å². The SMILES string of the molecule is Cn1c(=O)oc2cc(S(=O)(=O)Nc3ccccc3OC(F)(F)F)ccc21. The van der Waals surface area contributed by atoms with E-state index in [2.05, 4.69) is 4.74 Å². The van der Waals surface area contributed by atoms with Crippen LogP contribution in [0.5, 0.6) is 5.75 Å². The van der Waals surface area contributed by atoms with Crippen LogP contribution in [0.25, 0.3) is 11.1 Å². The monoisotopic (exact) mass is 388 g/mol. The number of sulfonamides is 1. The van der Waals surface area contributed by atoms with Gasteiger partial charge in [-0.2, -0.15) is 0 Å². The minimum atomic E-state index is -4.98. The lowest BCUT2D eigenvalue weighted by Crippen LogP contribution is -2.19. The number of benzene rings is 2. The summed E-state index contributed by atoms with van der Waals surface area (Å²) in [7, 11) is -2.81. The number of aromatic nitrogens is 1. The molecule has 1 aromatic heterocycles. The second-order valence-electron chi connectivity index (χ2n) is 5.21. The summed E-state index contributed by atoms with van der Waals surface area (Å²) in [6, 6.07) is 8.38. The van der Waals surface area contributed by atoms with E-state index in [0.717, 1.165) is 18.2 Å². The van der Waals surface area contributed by atoms with Gasteiger partial charge in [0, 0.05) is 13.1 Å². The van der Waals surface area contributed by atoms with Crippen LogP contribution in [0.4, 0.5) is 18.9 Å². The van der Waals surface area contributed by atoms with Crippen LogP contribution in [0.1, 0.15) is 0 Å². The Morgan fingerprint density at radius 1 is 1.15 bits per heavy atom. The number of anilines is 1. The van der Waals surface area contributed by atoms with Crippen molar-refractivity contribution in [3.63, 3.8) is 0 Å². The lowest BCUT2D eigenvalue weighted by Gasteiger charge is -2.14. The van der Waals surface area contributed by atoms with Gasteiger partial charge in [0.1, 0.15) is 0 Å². The molecule has 0 unspecified atom stereocenters. The minimum absolute atomic E-state index is 0.0280. The molecule has 0 saturated heterocycles. The van der Waals surface area contributed by atoms with Crippen molar-refractivity contribution in [3.05, 3.63) is 53.0 Å². The van der Waals surface area contributed by atoms with Crippen molar-refractivity contribution >= 4 is 26.8 Å². The van der Waals surface area contributed by atoms with Crippen molar-refractivity contribution in [2.75, 3.05) is 4.72 Å². The summed E-state index contributed by atoms with van der Waals surface area (Å²) >= 11 is 0. The molecule has 0 bridgehead atoms. The van der Waals surface area contributed by atoms with Gasteiger partial charge < -0.3 is 9.15 Å². The van der Waals surface area contributed by atoms with Crippen LogP contribution in [0, 0.1) is 0 Å². The van der Waals surface area contributed by atoms with Crippen LogP contribution in [-0.2, 0) is 17.1 Å². The topological polar surface area (TPSA) is 90.5 Å². The molecule has 0 saturated carbocycles. The van der Waals surface area contributed by atoms with E-state index in [-0.39, 0.29) is 16.2 Å². The zero-order valence-electron chi connectivity index (χ0n) is 13.1. The third-order valence-electron chi connectivity index (χ3n) is 3.43. The van der Waals surface area contributed by atoms with E-state index in [4.69, 9.17) is 4.42 Å². The van der Waals surface area contributed by atoms with Crippen LogP contribution in [-0.4, -0.2) is 19.3 Å². The third-order valence-corrected chi connectivity index (χ3v) is 4.79. The largest absolute Gasteiger partial charge is 0.573 e. The van der Waals surface area contributed by atoms with Gasteiger partial charge in [-0.05, 0) is 24.3 Å². The quantitative estimate of drug-likeness (QED) is 0.742. The number of para-hydroxylation sites is 2. The van der Waals surface area contributed by atoms with Gasteiger partial charge in [-0.3, -0.25) is 9.29 Å². The smallest absolute Gasteiger partial charge is 0.408 e. The molecule has 0 atom stereocenters. The average molecular weight is 388 g/mol. The standard InChI is InChI=1S/C15H11F3N2O5S/c1-20-11-7-6-9(8-13(11)24-14(20)21)26(22,23)19-10-4-2-3-5-12(10)25-15(16,17)18/h2-8,19H,1H3. The van der Waals surface area contributed by atoms with Crippen LogP contribution in [0.15, 0.2) is 56.6 Å². The minimum Gasteiger partial charge on any atom is -0.408 e. The summed E-state index contributed by atoms with van der Waals surface area (Å²) in [4.78, 5) is 11.2. The maximum absolute atomic E-state index is 12.5. The average Bonchev–Trinajstić information content (AvgIpc) is 2.82. The first-order valence-electron chi connectivity index (χ1n) is 7.04. The lowest BCUT2D eigenvalue weighted by molar-refractivity contribution is -0.274. The molecule has 11 heteroatoms. The molecule has 0 aliphatic heterocycles. The van der Waals surface area contributed by atoms with Gasteiger partial charge in [-0.15, -0.1) is 13.2 Å². The lowest BCUT2D eigenvalue weighted by atomic mass is 10.3. The molecule has 0 spiro atoms. The van der Waals surface area contributed by atoms with Gasteiger partial charge in [0.05, 0.1) is 16.1 Å². The predicted octanol–water partition coefficient (Wildman–Crippen LogP) is 2.83. The van der Waals surface area contributed by atoms with E-state index in [0.29, 0.717) is 5.52 Å². The number of aryl methyl sites for hydroxylation is 1. The number of rotatable bonds is 4. The Hall–Kier alpha value is -2.95. The molecule has 2 aromatic carbocycles. The van der Waals surface area contributed by atoms with Gasteiger partial charge >= 0.3 is 12.1 Å². The Balaban J connectivity index is 1.99. The number of halogens is 3. The molecule has 0 amide bonds. The molecule has 3 rings (SSSR count). The highest BCUT2D eigenvalue weighted by Crippen LogP contribution is 2.31. The zero-order valence-corrected chi connectivity index (χ0v) is 13.9. The first-order chi connectivity index (χ1) is 12.1. The Labute approximate surface area is 144 Å². The number of alkyl halides is 3. The van der Waals surface area contributed by atoms with Crippen molar-refractivity contribution in [1.82, 2.24) is 4.57 Å². The molecule has 1 N–H and O–H groups in total. The van der Waals surface area contributed by atoms with Crippen LogP contribution in [0.3, 0.4) is 0 Å². The van der Waals surface area contributed by atoms with E-state index >= 15 is 0 Å². The van der Waals surface area contributed by atoms with Gasteiger partial charge in [0.15, 0.2) is 11.3 Å². The highest BCUT2D eigenvalue weighted by molar-refractivity contribution is 7.92. The molecule has 3 aromatic rings. The Morgan fingerprint density at radius 2 is 1.85 bits per heavy atom. The summed E-state index contributed by atoms with van der Waals surface area (Å²) in [5.74, 6) is -1.37. The first-order valence-corrected chi connectivity index (χ1v) is 8.52. The number of fused-ring (bicyclic) bond motifs is 1. The van der Waals surface area contributed by atoms with Gasteiger partial charge in [-0.1, -0.05) is 12.1 Å². The number of nitrogens with zero attached hydrogens (tertiary/aromatic N) is 1. The van der Waals surface area contributed by atoms with Gasteiger partial charge in [0.2, 0.25) is 0 Å². The second kappa shape index (κ2) is 6.09. The van der Waals surface area contributed by atoms with E-state index in [1.807, 2.05) is 4.72 Å². The predicted molar refractivity (Wildman–Crippen MR) is 85.4 cm³/mol. The molecular weight excluding hydrogens is 377 g/mol. The van der Waals surface area contributed by atoms with E-state index in [1.54, 1.807) is 0 Å². The fourth-order valence-electron chi connectivity index (χ4n) is 2.25. The number of oxazole rings is 1. The third kappa shape index (κ3) is 3.52. The fraction of sp³-hybridized carbons (Fsp3) is 0.133. The zero-order chi connectivity index (χ0) is 19.1. The first kappa shape index (κ1) is 17.9. The Morgan fingerprint density at radius 3 is 2.54 bits per heavy atom. The number of ether oxygens (including phenoxy) is 1. The van der Waals surface area contributed by atoms with Crippen molar-refractivity contribution in [2.45, 2.75) is 11.3 Å². The molecule has 7 nitrogen and oxygen atoms in total. The van der Waals surface area contributed by atoms with Crippen molar-refractivity contribution in [3.8, 4) is 5.75 Å². The summed E-state index contributed by atoms with van der Waals surface area (Å²) in [5.41, 5.74) is 0.00870. The van der Waals surface area contributed by atoms with Crippen LogP contribution >= 0.6 is 0 Å². The maximum Gasteiger partial charge on any atom is 0.573 e. The fourth-order valence-corrected chi connectivity index (χ4v) is 3.34. The highest BCUT2D eigenvalue weighted by Gasteiger charge is 2.32. The van der Waals surface area contributed by atoms with E-state index in [1.165, 1.54) is 35.9 Å². The molecule has 0 aliphatic rings. The number of hydrogen-bond donors (Lipinski definition) is 1. The van der Waals surface area contributed by atoms with Gasteiger partial charge in [-0.25, -0.2) is 13.2 Å². The van der Waals surface area contributed by atoms with Crippen LogP contribution in [0.2, 0.25) is 0 Å². The van der Waals surface area contributed by atoms with Gasteiger partial charge in [0.25, 0.3) is 10.0 Å². The summed E-state index contributed by atoms with van der Waals surface area (Å²) in [5, 5.41) is 0. The number of hydrogen-bond acceptors (Lipinski definition) is 5. The summed E-state index contributed by atoms with van der Waals surface area (Å²) in [6.07, 6.45) is -4.98. The highest BCUT2D eigenvalue weighted by atomic mass is 32.2. The summed E-state index contributed by atoms with van der Waals surface area (Å²) in [6.45, 7) is 0. The number of nitrogens with one attached hydrogen (secondary N) is 1. The molecule has 138 valence electrons. The molecule has 0 radical (unpaired) electrons. The maximum atomic E-state index is 12.5. The molecule has 1 heterocycles. The van der Waals surface area contributed by atoms with Crippen LogP contribution < -0.4 is 15.2 Å². The molecular formula is C15H11F3N2O5S. The second-order valence-corrected chi connectivity index (χ2v) is 6.89. The summed E-state index contributed by atoms with van der Waals surface area (Å²) < 4.78 is 74.3. The Kier molecular flexibility index (Phi) is 4.18. The normalized spacial score (nSPS) is 12.3. The van der Waals surface area contributed by atoms with Crippen molar-refractivity contribution in [1.29, 1.82) is 0 Å². The molecule has 26 heavy (non-hydrogen) atoms. The van der Waals surface area contributed by atoms with Crippen molar-refractivity contribution in [2.24, 2.45) is 7.05 Å².